The predicted octanol–water partition coefficient (Wildman–Crippen LogP) is 2.65. The molecule has 4 atom stereocenters. The monoisotopic (exact) mass is 317 g/mol. The summed E-state index contributed by atoms with van der Waals surface area (Å²) in [7, 11) is 0. The largest absolute Gasteiger partial charge is 0.299 e. The summed E-state index contributed by atoms with van der Waals surface area (Å²) in [5.41, 5.74) is 2.60. The molecule has 2 fully saturated rings. The van der Waals surface area contributed by atoms with Gasteiger partial charge in [0.2, 0.25) is 11.8 Å². The quantitative estimate of drug-likeness (QED) is 0.760. The number of amides is 2. The lowest BCUT2D eigenvalue weighted by molar-refractivity contribution is -0.134. The van der Waals surface area contributed by atoms with Gasteiger partial charge in [-0.15, -0.1) is 0 Å². The van der Waals surface area contributed by atoms with Gasteiger partial charge in [0.15, 0.2) is 0 Å². The van der Waals surface area contributed by atoms with E-state index in [-0.39, 0.29) is 23.5 Å². The molecule has 24 heavy (non-hydrogen) atoms. The lowest BCUT2D eigenvalue weighted by Gasteiger charge is -2.43. The molecule has 0 N–H and O–H groups in total. The number of para-hydroxylation sites is 1. The van der Waals surface area contributed by atoms with Crippen molar-refractivity contribution < 1.29 is 14.4 Å². The van der Waals surface area contributed by atoms with Crippen molar-refractivity contribution in [2.24, 2.45) is 11.8 Å². The van der Waals surface area contributed by atoms with E-state index < -0.39 is 17.8 Å². The molecule has 1 heterocycles. The summed E-state index contributed by atoms with van der Waals surface area (Å²) in [6.45, 7) is 0. The van der Waals surface area contributed by atoms with Gasteiger partial charge in [-0.05, 0) is 23.3 Å². The first-order valence-corrected chi connectivity index (χ1v) is 8.23. The summed E-state index contributed by atoms with van der Waals surface area (Å²) in [4.78, 5) is 40.0. The van der Waals surface area contributed by atoms with Crippen molar-refractivity contribution in [2.45, 2.75) is 18.3 Å². The highest BCUT2D eigenvalue weighted by molar-refractivity contribution is 6.24. The molecule has 1 saturated carbocycles. The third kappa shape index (κ3) is 1.55. The van der Waals surface area contributed by atoms with Crippen molar-refractivity contribution in [2.75, 3.05) is 4.90 Å². The van der Waals surface area contributed by atoms with Crippen LogP contribution in [0.15, 0.2) is 54.6 Å². The lowest BCUT2D eigenvalue weighted by Crippen LogP contribution is -2.44. The number of imide groups is 1. The number of carbonyl (C=O) groups excluding carboxylic acids is 3. The number of Topliss-reactive ketones (excluding diaryl/α,β-unsaturated/α-hetero) is 1. The average molecular weight is 317 g/mol. The van der Waals surface area contributed by atoms with Gasteiger partial charge in [-0.2, -0.15) is 0 Å². The topological polar surface area (TPSA) is 54.5 Å². The predicted molar refractivity (Wildman–Crippen MR) is 87.5 cm³/mol. The number of rotatable bonds is 1. The number of nitrogens with zero attached hydrogens (tertiary/aromatic N) is 1. The summed E-state index contributed by atoms with van der Waals surface area (Å²) in [5.74, 6) is -1.89. The normalized spacial score (nSPS) is 30.5. The standard InChI is InChI=1S/C20H15NO3/c22-15-10-14-12-8-4-5-9-13(12)16(15)18-17(14)19(23)21(20(18)24)11-6-2-1-3-7-11/h1-9,14,16-18H,10H2/t14-,16+,17-,18+/m0/s1. The Balaban J connectivity index is 1.68. The maximum atomic E-state index is 13.1. The van der Waals surface area contributed by atoms with Gasteiger partial charge < -0.3 is 0 Å². The van der Waals surface area contributed by atoms with Crippen LogP contribution in [0.4, 0.5) is 5.69 Å². The number of benzene rings is 2. The van der Waals surface area contributed by atoms with Crippen LogP contribution in [0.2, 0.25) is 0 Å². The molecule has 2 amide bonds. The Labute approximate surface area is 139 Å². The smallest absolute Gasteiger partial charge is 0.238 e. The third-order valence-corrected chi connectivity index (χ3v) is 5.70. The van der Waals surface area contributed by atoms with Gasteiger partial charge in [-0.25, -0.2) is 0 Å². The first kappa shape index (κ1) is 13.7. The Morgan fingerprint density at radius 3 is 2.12 bits per heavy atom. The SMILES string of the molecule is O=C1C[C@H]2c3ccccc3[C@H]1[C@H]1C(=O)N(c3ccccc3)C(=O)[C@H]12. The fourth-order valence-electron chi connectivity index (χ4n) is 4.79. The Morgan fingerprint density at radius 1 is 0.750 bits per heavy atom. The van der Waals surface area contributed by atoms with Gasteiger partial charge in [0.25, 0.3) is 0 Å². The molecular formula is C20H15NO3. The fourth-order valence-corrected chi connectivity index (χ4v) is 4.79. The van der Waals surface area contributed by atoms with Crippen LogP contribution in [-0.4, -0.2) is 17.6 Å². The van der Waals surface area contributed by atoms with Crippen LogP contribution in [0, 0.1) is 11.8 Å². The highest BCUT2D eigenvalue weighted by atomic mass is 16.2. The van der Waals surface area contributed by atoms with Gasteiger partial charge in [-0.1, -0.05) is 42.5 Å². The zero-order valence-corrected chi connectivity index (χ0v) is 12.9. The molecule has 118 valence electrons. The summed E-state index contributed by atoms with van der Waals surface area (Å²) in [5, 5.41) is 0. The molecule has 0 aromatic heterocycles. The number of fused-ring (bicyclic) bond motifs is 1. The Morgan fingerprint density at radius 2 is 1.38 bits per heavy atom. The molecule has 2 aromatic carbocycles. The van der Waals surface area contributed by atoms with Crippen LogP contribution in [0.5, 0.6) is 0 Å². The van der Waals surface area contributed by atoms with Gasteiger partial charge >= 0.3 is 0 Å². The van der Waals surface area contributed by atoms with Gasteiger partial charge in [0.05, 0.1) is 23.4 Å². The molecule has 2 bridgehead atoms. The zero-order valence-electron chi connectivity index (χ0n) is 12.9. The first-order chi connectivity index (χ1) is 11.7. The van der Waals surface area contributed by atoms with Crippen LogP contribution in [-0.2, 0) is 14.4 Å². The summed E-state index contributed by atoms with van der Waals surface area (Å²) in [6, 6.07) is 16.8. The van der Waals surface area contributed by atoms with Crippen molar-refractivity contribution in [3.05, 3.63) is 65.7 Å². The van der Waals surface area contributed by atoms with Crippen LogP contribution in [0.25, 0.3) is 0 Å². The van der Waals surface area contributed by atoms with E-state index in [0.717, 1.165) is 11.1 Å². The second kappa shape index (κ2) is 4.63. The zero-order chi connectivity index (χ0) is 16.4. The average Bonchev–Trinajstić information content (AvgIpc) is 2.88. The molecule has 4 heteroatoms. The van der Waals surface area contributed by atoms with E-state index in [1.165, 1.54) is 4.90 Å². The number of hydrogen-bond donors (Lipinski definition) is 0. The maximum Gasteiger partial charge on any atom is 0.238 e. The maximum absolute atomic E-state index is 13.1. The second-order valence-electron chi connectivity index (χ2n) is 6.78. The highest BCUT2D eigenvalue weighted by Gasteiger charge is 2.62. The lowest BCUT2D eigenvalue weighted by atomic mass is 9.56. The molecule has 0 spiro atoms. The number of anilines is 1. The van der Waals surface area contributed by atoms with Crippen LogP contribution >= 0.6 is 0 Å². The van der Waals surface area contributed by atoms with E-state index in [1.54, 1.807) is 12.1 Å². The van der Waals surface area contributed by atoms with E-state index in [1.807, 2.05) is 42.5 Å². The third-order valence-electron chi connectivity index (χ3n) is 5.70. The summed E-state index contributed by atoms with van der Waals surface area (Å²) in [6.07, 6.45) is 0.366. The summed E-state index contributed by atoms with van der Waals surface area (Å²) >= 11 is 0. The molecule has 1 saturated heterocycles. The molecule has 6 rings (SSSR count). The fraction of sp³-hybridized carbons (Fsp3) is 0.250. The highest BCUT2D eigenvalue weighted by Crippen LogP contribution is 2.57. The van der Waals surface area contributed by atoms with Crippen LogP contribution in [0.3, 0.4) is 0 Å². The summed E-state index contributed by atoms with van der Waals surface area (Å²) < 4.78 is 0. The Kier molecular flexibility index (Phi) is 2.64. The minimum atomic E-state index is -0.543. The van der Waals surface area contributed by atoms with Gasteiger partial charge in [0, 0.05) is 12.3 Å². The molecule has 1 aliphatic heterocycles. The van der Waals surface area contributed by atoms with E-state index >= 15 is 0 Å². The Hall–Kier alpha value is -2.75. The Bertz CT molecular complexity index is 889. The second-order valence-corrected chi connectivity index (χ2v) is 6.78. The molecule has 3 aliphatic carbocycles. The van der Waals surface area contributed by atoms with Crippen LogP contribution < -0.4 is 4.90 Å². The molecular weight excluding hydrogens is 302 g/mol. The van der Waals surface area contributed by atoms with Crippen molar-refractivity contribution in [1.82, 2.24) is 0 Å². The van der Waals surface area contributed by atoms with E-state index in [4.69, 9.17) is 0 Å². The number of carbonyl (C=O) groups is 3. The van der Waals surface area contributed by atoms with E-state index in [0.29, 0.717) is 12.1 Å². The van der Waals surface area contributed by atoms with Crippen molar-refractivity contribution in [3.63, 3.8) is 0 Å². The van der Waals surface area contributed by atoms with Gasteiger partial charge in [0.1, 0.15) is 5.78 Å². The van der Waals surface area contributed by atoms with Crippen LogP contribution in [0.1, 0.15) is 29.4 Å². The van der Waals surface area contributed by atoms with Crippen molar-refractivity contribution >= 4 is 23.3 Å². The molecule has 0 radical (unpaired) electrons. The molecule has 2 aromatic rings. The van der Waals surface area contributed by atoms with Gasteiger partial charge in [-0.3, -0.25) is 19.3 Å². The van der Waals surface area contributed by atoms with E-state index in [9.17, 15) is 14.4 Å². The van der Waals surface area contributed by atoms with E-state index in [2.05, 4.69) is 0 Å². The first-order valence-electron chi connectivity index (χ1n) is 8.23. The van der Waals surface area contributed by atoms with Crippen molar-refractivity contribution in [1.29, 1.82) is 0 Å². The number of hydrogen-bond acceptors (Lipinski definition) is 3. The molecule has 4 nitrogen and oxygen atoms in total. The number of ketones is 1. The minimum Gasteiger partial charge on any atom is -0.299 e. The van der Waals surface area contributed by atoms with Crippen molar-refractivity contribution in [3.8, 4) is 0 Å². The molecule has 4 aliphatic rings. The molecule has 0 unspecified atom stereocenters. The minimum absolute atomic E-state index is 0.0935.